The number of hydrogen-bond acceptors (Lipinski definition) is 4. The molecule has 0 N–H and O–H groups in total. The monoisotopic (exact) mass is 617 g/mol. The zero-order valence-electron chi connectivity index (χ0n) is 26.5. The summed E-state index contributed by atoms with van der Waals surface area (Å²) in [5.41, 5.74) is 9.37. The van der Waals surface area contributed by atoms with Crippen molar-refractivity contribution in [2.75, 3.05) is 0 Å². The van der Waals surface area contributed by atoms with Crippen molar-refractivity contribution in [3.05, 3.63) is 157 Å². The number of aromatic nitrogens is 3. The summed E-state index contributed by atoms with van der Waals surface area (Å²) in [6.07, 6.45) is 5.40. The Morgan fingerprint density at radius 2 is 1.15 bits per heavy atom. The van der Waals surface area contributed by atoms with Crippen LogP contribution in [0.15, 0.2) is 150 Å². The van der Waals surface area contributed by atoms with Gasteiger partial charge < -0.3 is 4.42 Å². The summed E-state index contributed by atoms with van der Waals surface area (Å²) in [6, 6.07) is 48.4. The Labute approximate surface area is 279 Å². The van der Waals surface area contributed by atoms with Gasteiger partial charge in [0, 0.05) is 34.1 Å². The van der Waals surface area contributed by atoms with Crippen molar-refractivity contribution in [1.82, 2.24) is 15.0 Å². The van der Waals surface area contributed by atoms with Gasteiger partial charge in [0.25, 0.3) is 0 Å². The minimum Gasteiger partial charge on any atom is -0.460 e. The normalized spacial score (nSPS) is 14.0. The van der Waals surface area contributed by atoms with Crippen LogP contribution in [-0.2, 0) is 6.42 Å². The molecular weight excluding hydrogens is 587 g/mol. The fourth-order valence-corrected chi connectivity index (χ4v) is 6.83. The molecule has 1 unspecified atom stereocenters. The molecule has 0 fully saturated rings. The van der Waals surface area contributed by atoms with Crippen molar-refractivity contribution in [3.8, 4) is 56.4 Å². The van der Waals surface area contributed by atoms with Crippen LogP contribution in [0.3, 0.4) is 0 Å². The van der Waals surface area contributed by atoms with E-state index in [2.05, 4.69) is 153 Å². The maximum absolute atomic E-state index is 6.41. The number of rotatable bonds is 5. The zero-order chi connectivity index (χ0) is 32.0. The summed E-state index contributed by atoms with van der Waals surface area (Å²) in [5, 5.41) is 3.45. The molecule has 4 heteroatoms. The first-order chi connectivity index (χ1) is 23.7. The van der Waals surface area contributed by atoms with Gasteiger partial charge in [-0.05, 0) is 51.1 Å². The van der Waals surface area contributed by atoms with E-state index < -0.39 is 0 Å². The molecule has 1 atom stereocenters. The van der Waals surface area contributed by atoms with E-state index in [0.29, 0.717) is 23.4 Å². The molecule has 2 aromatic heterocycles. The van der Waals surface area contributed by atoms with E-state index in [1.54, 1.807) is 0 Å². The summed E-state index contributed by atoms with van der Waals surface area (Å²) in [4.78, 5) is 15.4. The fraction of sp³-hybridized carbons (Fsp3) is 0.0682. The SMILES string of the molecule is CC1C=Cc2c(oc3cccc(-c4ccccc4-c4nc(-c5ccc(-c6ccccc6)cc5)nc(-c5ccc6ccccc6c5)n4)c23)C1. The highest BCUT2D eigenvalue weighted by atomic mass is 16.3. The molecule has 1 aliphatic rings. The number of allylic oxidation sites excluding steroid dienone is 1. The highest BCUT2D eigenvalue weighted by Crippen LogP contribution is 2.41. The Morgan fingerprint density at radius 1 is 0.521 bits per heavy atom. The van der Waals surface area contributed by atoms with E-state index in [1.165, 1.54) is 16.5 Å². The molecule has 0 saturated carbocycles. The van der Waals surface area contributed by atoms with Crippen molar-refractivity contribution in [3.63, 3.8) is 0 Å². The Morgan fingerprint density at radius 3 is 1.98 bits per heavy atom. The van der Waals surface area contributed by atoms with Crippen LogP contribution in [-0.4, -0.2) is 15.0 Å². The summed E-state index contributed by atoms with van der Waals surface area (Å²) >= 11 is 0. The first-order valence-corrected chi connectivity index (χ1v) is 16.4. The van der Waals surface area contributed by atoms with Crippen molar-refractivity contribution in [2.24, 2.45) is 5.92 Å². The molecule has 0 spiro atoms. The average Bonchev–Trinajstić information content (AvgIpc) is 3.53. The number of furan rings is 1. The van der Waals surface area contributed by atoms with Crippen LogP contribution in [0.4, 0.5) is 0 Å². The number of hydrogen-bond donors (Lipinski definition) is 0. The second kappa shape index (κ2) is 11.6. The lowest BCUT2D eigenvalue weighted by molar-refractivity contribution is 0.513. The Hall–Kier alpha value is -6.13. The highest BCUT2D eigenvalue weighted by molar-refractivity contribution is 6.03. The summed E-state index contributed by atoms with van der Waals surface area (Å²) < 4.78 is 6.41. The van der Waals surface area contributed by atoms with Gasteiger partial charge in [0.15, 0.2) is 17.5 Å². The second-order valence-electron chi connectivity index (χ2n) is 12.5. The van der Waals surface area contributed by atoms with E-state index in [0.717, 1.165) is 61.9 Å². The van der Waals surface area contributed by atoms with Crippen molar-refractivity contribution in [2.45, 2.75) is 13.3 Å². The van der Waals surface area contributed by atoms with Crippen LogP contribution in [0.25, 0.3) is 84.2 Å². The van der Waals surface area contributed by atoms with E-state index in [-0.39, 0.29) is 0 Å². The topological polar surface area (TPSA) is 51.8 Å². The van der Waals surface area contributed by atoms with E-state index >= 15 is 0 Å². The summed E-state index contributed by atoms with van der Waals surface area (Å²) in [7, 11) is 0. The lowest BCUT2D eigenvalue weighted by atomic mass is 9.90. The van der Waals surface area contributed by atoms with Crippen LogP contribution in [0.5, 0.6) is 0 Å². The lowest BCUT2D eigenvalue weighted by Crippen LogP contribution is -2.02. The molecule has 1 aliphatic carbocycles. The van der Waals surface area contributed by atoms with Crippen LogP contribution in [0.1, 0.15) is 18.2 Å². The standard InChI is InChI=1S/C44H31N3O/c1-28-18-25-38-40(26-28)48-39-17-9-16-36(41(38)39)35-14-7-8-15-37(35)44-46-42(32-22-19-31(20-23-32)29-10-3-2-4-11-29)45-43(47-44)34-24-21-30-12-5-6-13-33(30)27-34/h2-25,27-28H,26H2,1H3. The van der Waals surface area contributed by atoms with Gasteiger partial charge in [-0.25, -0.2) is 15.0 Å². The van der Waals surface area contributed by atoms with E-state index in [1.807, 2.05) is 6.07 Å². The van der Waals surface area contributed by atoms with Crippen LogP contribution < -0.4 is 0 Å². The zero-order valence-corrected chi connectivity index (χ0v) is 26.5. The first-order valence-electron chi connectivity index (χ1n) is 16.4. The number of nitrogens with zero attached hydrogens (tertiary/aromatic N) is 3. The highest BCUT2D eigenvalue weighted by Gasteiger charge is 2.23. The van der Waals surface area contributed by atoms with Crippen molar-refractivity contribution in [1.29, 1.82) is 0 Å². The third-order valence-electron chi connectivity index (χ3n) is 9.28. The van der Waals surface area contributed by atoms with Gasteiger partial charge in [-0.2, -0.15) is 0 Å². The predicted octanol–water partition coefficient (Wildman–Crippen LogP) is 11.3. The molecule has 48 heavy (non-hydrogen) atoms. The van der Waals surface area contributed by atoms with Gasteiger partial charge in [-0.3, -0.25) is 0 Å². The van der Waals surface area contributed by atoms with Crippen molar-refractivity contribution >= 4 is 27.8 Å². The van der Waals surface area contributed by atoms with Gasteiger partial charge in [0.2, 0.25) is 0 Å². The van der Waals surface area contributed by atoms with E-state index in [9.17, 15) is 0 Å². The minimum atomic E-state index is 0.452. The van der Waals surface area contributed by atoms with Crippen LogP contribution in [0, 0.1) is 5.92 Å². The molecule has 4 nitrogen and oxygen atoms in total. The van der Waals surface area contributed by atoms with Gasteiger partial charge in [0.05, 0.1) is 0 Å². The van der Waals surface area contributed by atoms with Crippen LogP contribution >= 0.6 is 0 Å². The minimum absolute atomic E-state index is 0.452. The molecule has 9 rings (SSSR count). The molecule has 0 saturated heterocycles. The molecule has 228 valence electrons. The fourth-order valence-electron chi connectivity index (χ4n) is 6.83. The molecule has 0 amide bonds. The predicted molar refractivity (Wildman–Crippen MR) is 196 cm³/mol. The Kier molecular flexibility index (Phi) is 6.79. The van der Waals surface area contributed by atoms with Gasteiger partial charge in [-0.1, -0.05) is 146 Å². The summed E-state index contributed by atoms with van der Waals surface area (Å²) in [6.45, 7) is 2.23. The quantitative estimate of drug-likeness (QED) is 0.193. The molecule has 6 aromatic carbocycles. The third kappa shape index (κ3) is 4.99. The summed E-state index contributed by atoms with van der Waals surface area (Å²) in [5.74, 6) is 3.40. The van der Waals surface area contributed by atoms with Gasteiger partial charge >= 0.3 is 0 Å². The maximum atomic E-state index is 6.41. The molecular formula is C44H31N3O. The van der Waals surface area contributed by atoms with E-state index in [4.69, 9.17) is 19.4 Å². The molecule has 0 radical (unpaired) electrons. The largest absolute Gasteiger partial charge is 0.460 e. The number of fused-ring (bicyclic) bond motifs is 4. The Bertz CT molecular complexity index is 2490. The first kappa shape index (κ1) is 28.1. The molecule has 0 aliphatic heterocycles. The van der Waals surface area contributed by atoms with Gasteiger partial charge in [0.1, 0.15) is 11.3 Å². The average molecular weight is 618 g/mol. The molecule has 8 aromatic rings. The molecule has 2 heterocycles. The number of benzene rings is 6. The second-order valence-corrected chi connectivity index (χ2v) is 12.5. The Balaban J connectivity index is 1.23. The third-order valence-corrected chi connectivity index (χ3v) is 9.28. The maximum Gasteiger partial charge on any atom is 0.164 e. The van der Waals surface area contributed by atoms with Gasteiger partial charge in [-0.15, -0.1) is 0 Å². The lowest BCUT2D eigenvalue weighted by Gasteiger charge is -2.14. The smallest absolute Gasteiger partial charge is 0.164 e. The molecule has 0 bridgehead atoms. The van der Waals surface area contributed by atoms with Crippen molar-refractivity contribution < 1.29 is 4.42 Å². The van der Waals surface area contributed by atoms with Crippen LogP contribution in [0.2, 0.25) is 0 Å².